The summed E-state index contributed by atoms with van der Waals surface area (Å²) in [5.41, 5.74) is 0.622. The second-order valence-electron chi connectivity index (χ2n) is 4.00. The predicted octanol–water partition coefficient (Wildman–Crippen LogP) is 3.64. The molecule has 0 bridgehead atoms. The Kier molecular flexibility index (Phi) is 3.97. The average molecular weight is 273 g/mol. The van der Waals surface area contributed by atoms with E-state index in [1.807, 2.05) is 28.9 Å². The van der Waals surface area contributed by atoms with Gasteiger partial charge in [0.05, 0.1) is 5.25 Å². The van der Waals surface area contributed by atoms with E-state index in [-0.39, 0.29) is 5.78 Å². The Morgan fingerprint density at radius 2 is 2.19 bits per heavy atom. The molecule has 0 amide bonds. The third-order valence-corrected chi connectivity index (χ3v) is 7.22. The molecule has 3 unspecified atom stereocenters. The third-order valence-electron chi connectivity index (χ3n) is 2.71. The standard InChI is InChI=1S/C11H15NOS3/c1-6(13)9-4-15-11(12-9)10-5-14-7(2)8(3)16-10/h4,7-8,10H,5H2,1-3H3. The summed E-state index contributed by atoms with van der Waals surface area (Å²) < 4.78 is 0. The van der Waals surface area contributed by atoms with Crippen LogP contribution in [0.15, 0.2) is 5.38 Å². The molecule has 1 saturated heterocycles. The first-order chi connectivity index (χ1) is 7.58. The number of nitrogens with zero attached hydrogens (tertiary/aromatic N) is 1. The lowest BCUT2D eigenvalue weighted by Gasteiger charge is -2.30. The predicted molar refractivity (Wildman–Crippen MR) is 73.8 cm³/mol. The van der Waals surface area contributed by atoms with Gasteiger partial charge in [0, 0.05) is 28.6 Å². The first-order valence-corrected chi connectivity index (χ1v) is 8.18. The van der Waals surface area contributed by atoms with E-state index in [9.17, 15) is 4.79 Å². The summed E-state index contributed by atoms with van der Waals surface area (Å²) in [4.78, 5) is 15.6. The highest BCUT2D eigenvalue weighted by Crippen LogP contribution is 2.44. The van der Waals surface area contributed by atoms with Gasteiger partial charge in [-0.2, -0.15) is 11.8 Å². The van der Waals surface area contributed by atoms with Gasteiger partial charge in [-0.25, -0.2) is 4.98 Å². The molecule has 88 valence electrons. The zero-order chi connectivity index (χ0) is 11.7. The Morgan fingerprint density at radius 1 is 1.44 bits per heavy atom. The number of thiazole rings is 1. The smallest absolute Gasteiger partial charge is 0.178 e. The Labute approximate surface area is 109 Å². The third kappa shape index (κ3) is 2.63. The van der Waals surface area contributed by atoms with E-state index >= 15 is 0 Å². The number of carbonyl (C=O) groups is 1. The molecule has 1 aromatic rings. The zero-order valence-electron chi connectivity index (χ0n) is 9.60. The van der Waals surface area contributed by atoms with E-state index in [4.69, 9.17) is 0 Å². The molecule has 1 aliphatic heterocycles. The van der Waals surface area contributed by atoms with Crippen LogP contribution in [0.4, 0.5) is 0 Å². The molecular weight excluding hydrogens is 258 g/mol. The Hall–Kier alpha value is -0.000000000000000167. The van der Waals surface area contributed by atoms with Crippen LogP contribution in [0, 0.1) is 0 Å². The van der Waals surface area contributed by atoms with Gasteiger partial charge in [-0.15, -0.1) is 23.1 Å². The molecule has 0 radical (unpaired) electrons. The SMILES string of the molecule is CC(=O)c1csc(C2CSC(C)C(C)S2)n1. The summed E-state index contributed by atoms with van der Waals surface area (Å²) in [6.45, 7) is 6.13. The van der Waals surface area contributed by atoms with Crippen LogP contribution in [0.1, 0.15) is 41.5 Å². The van der Waals surface area contributed by atoms with Gasteiger partial charge in [0.25, 0.3) is 0 Å². The van der Waals surface area contributed by atoms with Crippen LogP contribution in [0.2, 0.25) is 0 Å². The second-order valence-corrected chi connectivity index (χ2v) is 7.88. The molecular formula is C11H15NOS3. The molecule has 2 heterocycles. The van der Waals surface area contributed by atoms with Gasteiger partial charge in [0.1, 0.15) is 10.7 Å². The second kappa shape index (κ2) is 5.10. The molecule has 0 saturated carbocycles. The van der Waals surface area contributed by atoms with E-state index in [1.165, 1.54) is 0 Å². The molecule has 16 heavy (non-hydrogen) atoms. The number of aromatic nitrogens is 1. The van der Waals surface area contributed by atoms with Crippen LogP contribution >= 0.6 is 34.9 Å². The lowest BCUT2D eigenvalue weighted by atomic mass is 10.3. The highest BCUT2D eigenvalue weighted by molar-refractivity contribution is 8.07. The van der Waals surface area contributed by atoms with Gasteiger partial charge in [-0.05, 0) is 0 Å². The molecule has 1 aliphatic rings. The minimum absolute atomic E-state index is 0.0670. The molecule has 3 atom stereocenters. The molecule has 0 aliphatic carbocycles. The van der Waals surface area contributed by atoms with Crippen molar-refractivity contribution in [2.75, 3.05) is 5.75 Å². The maximum absolute atomic E-state index is 11.2. The van der Waals surface area contributed by atoms with Gasteiger partial charge < -0.3 is 0 Å². The number of thioether (sulfide) groups is 2. The van der Waals surface area contributed by atoms with Crippen LogP contribution in [-0.2, 0) is 0 Å². The van der Waals surface area contributed by atoms with Crippen molar-refractivity contribution in [3.8, 4) is 0 Å². The summed E-state index contributed by atoms with van der Waals surface area (Å²) in [6, 6.07) is 0. The summed E-state index contributed by atoms with van der Waals surface area (Å²) >= 11 is 5.62. The summed E-state index contributed by atoms with van der Waals surface area (Å²) in [5, 5.41) is 4.84. The lowest BCUT2D eigenvalue weighted by molar-refractivity contribution is 0.101. The molecule has 0 aromatic carbocycles. The molecule has 5 heteroatoms. The quantitative estimate of drug-likeness (QED) is 0.770. The largest absolute Gasteiger partial charge is 0.293 e. The molecule has 2 rings (SSSR count). The minimum atomic E-state index is 0.0670. The van der Waals surface area contributed by atoms with Gasteiger partial charge in [-0.3, -0.25) is 4.79 Å². The highest BCUT2D eigenvalue weighted by Gasteiger charge is 2.28. The van der Waals surface area contributed by atoms with Gasteiger partial charge >= 0.3 is 0 Å². The Morgan fingerprint density at radius 3 is 2.75 bits per heavy atom. The van der Waals surface area contributed by atoms with Crippen molar-refractivity contribution in [3.05, 3.63) is 16.1 Å². The van der Waals surface area contributed by atoms with Crippen LogP contribution in [0.3, 0.4) is 0 Å². The molecule has 1 aromatic heterocycles. The summed E-state index contributed by atoms with van der Waals surface area (Å²) in [5.74, 6) is 1.18. The van der Waals surface area contributed by atoms with Crippen LogP contribution in [0.5, 0.6) is 0 Å². The molecule has 0 N–H and O–H groups in total. The maximum atomic E-state index is 11.2. The van der Waals surface area contributed by atoms with Crippen molar-refractivity contribution in [2.45, 2.75) is 36.5 Å². The normalized spacial score (nSPS) is 30.3. The fourth-order valence-electron chi connectivity index (χ4n) is 1.51. The Bertz CT molecular complexity index is 390. The van der Waals surface area contributed by atoms with Crippen molar-refractivity contribution in [2.24, 2.45) is 0 Å². The lowest BCUT2D eigenvalue weighted by Crippen LogP contribution is -2.21. The zero-order valence-corrected chi connectivity index (χ0v) is 12.0. The van der Waals surface area contributed by atoms with Gasteiger partial charge in [-0.1, -0.05) is 13.8 Å². The van der Waals surface area contributed by atoms with Crippen LogP contribution in [0.25, 0.3) is 0 Å². The topological polar surface area (TPSA) is 30.0 Å². The van der Waals surface area contributed by atoms with E-state index in [0.29, 0.717) is 21.4 Å². The van der Waals surface area contributed by atoms with Gasteiger partial charge in [0.15, 0.2) is 5.78 Å². The molecule has 2 nitrogen and oxygen atoms in total. The van der Waals surface area contributed by atoms with E-state index in [1.54, 1.807) is 18.3 Å². The average Bonchev–Trinajstić information content (AvgIpc) is 2.71. The van der Waals surface area contributed by atoms with E-state index in [0.717, 1.165) is 10.8 Å². The fraction of sp³-hybridized carbons (Fsp3) is 0.636. The van der Waals surface area contributed by atoms with Crippen molar-refractivity contribution >= 4 is 40.6 Å². The number of hydrogen-bond acceptors (Lipinski definition) is 5. The van der Waals surface area contributed by atoms with Crippen molar-refractivity contribution < 1.29 is 4.79 Å². The number of Topliss-reactive ketones (excluding diaryl/α,β-unsaturated/α-hetero) is 1. The minimum Gasteiger partial charge on any atom is -0.293 e. The monoisotopic (exact) mass is 273 g/mol. The van der Waals surface area contributed by atoms with Crippen LogP contribution in [-0.4, -0.2) is 27.0 Å². The number of rotatable bonds is 2. The van der Waals surface area contributed by atoms with Crippen molar-refractivity contribution in [1.29, 1.82) is 0 Å². The number of hydrogen-bond donors (Lipinski definition) is 0. The fourth-order valence-corrected chi connectivity index (χ4v) is 5.58. The maximum Gasteiger partial charge on any atom is 0.178 e. The number of ketones is 1. The summed E-state index contributed by atoms with van der Waals surface area (Å²) in [7, 11) is 0. The first kappa shape index (κ1) is 12.5. The van der Waals surface area contributed by atoms with Crippen molar-refractivity contribution in [1.82, 2.24) is 4.98 Å². The van der Waals surface area contributed by atoms with Crippen molar-refractivity contribution in [3.63, 3.8) is 0 Å². The van der Waals surface area contributed by atoms with Crippen LogP contribution < -0.4 is 0 Å². The summed E-state index contributed by atoms with van der Waals surface area (Å²) in [6.07, 6.45) is 0. The first-order valence-electron chi connectivity index (χ1n) is 5.31. The number of carbonyl (C=O) groups excluding carboxylic acids is 1. The Balaban J connectivity index is 2.09. The highest BCUT2D eigenvalue weighted by atomic mass is 32.2. The molecule has 0 spiro atoms. The van der Waals surface area contributed by atoms with E-state index in [2.05, 4.69) is 18.8 Å². The van der Waals surface area contributed by atoms with E-state index < -0.39 is 0 Å². The van der Waals surface area contributed by atoms with Gasteiger partial charge in [0.2, 0.25) is 0 Å². The molecule has 1 fully saturated rings.